The molecule has 1 aliphatic rings. The summed E-state index contributed by atoms with van der Waals surface area (Å²) >= 11 is 0. The van der Waals surface area contributed by atoms with Crippen LogP contribution in [0, 0.1) is 12.8 Å². The SMILES string of the molecule is Cc1c(-c2cccc(OC(F)(F)F)c2)cc2n1C(CCNC(=O)OC(C)C(C)C)CNC2=O. The number of hydrogen-bond donors (Lipinski definition) is 2. The van der Waals surface area contributed by atoms with E-state index >= 15 is 0 Å². The fourth-order valence-electron chi connectivity index (χ4n) is 3.73. The van der Waals surface area contributed by atoms with Gasteiger partial charge in [-0.1, -0.05) is 26.0 Å². The second kappa shape index (κ2) is 9.76. The van der Waals surface area contributed by atoms with Crippen molar-refractivity contribution in [3.8, 4) is 16.9 Å². The monoisotopic (exact) mass is 467 g/mol. The average molecular weight is 467 g/mol. The van der Waals surface area contributed by atoms with Crippen molar-refractivity contribution in [3.05, 3.63) is 41.7 Å². The van der Waals surface area contributed by atoms with Crippen LogP contribution in [0.3, 0.4) is 0 Å². The first-order valence-corrected chi connectivity index (χ1v) is 10.8. The number of halogens is 3. The normalized spacial score (nSPS) is 16.7. The van der Waals surface area contributed by atoms with Crippen LogP contribution in [-0.2, 0) is 4.74 Å². The van der Waals surface area contributed by atoms with Crippen molar-refractivity contribution >= 4 is 12.0 Å². The Morgan fingerprint density at radius 3 is 2.67 bits per heavy atom. The van der Waals surface area contributed by atoms with Crippen LogP contribution in [0.5, 0.6) is 5.75 Å². The summed E-state index contributed by atoms with van der Waals surface area (Å²) in [5.41, 5.74) is 2.30. The highest BCUT2D eigenvalue weighted by molar-refractivity contribution is 5.95. The lowest BCUT2D eigenvalue weighted by Gasteiger charge is -2.28. The second-order valence-corrected chi connectivity index (χ2v) is 8.41. The van der Waals surface area contributed by atoms with E-state index in [1.165, 1.54) is 18.2 Å². The molecule has 0 aliphatic carbocycles. The van der Waals surface area contributed by atoms with Gasteiger partial charge in [0.2, 0.25) is 0 Å². The van der Waals surface area contributed by atoms with Crippen molar-refractivity contribution in [1.29, 1.82) is 0 Å². The lowest BCUT2D eigenvalue weighted by atomic mass is 10.1. The Hall–Kier alpha value is -3.17. The molecule has 10 heteroatoms. The van der Waals surface area contributed by atoms with E-state index in [9.17, 15) is 22.8 Å². The minimum Gasteiger partial charge on any atom is -0.446 e. The average Bonchev–Trinajstić information content (AvgIpc) is 3.07. The lowest BCUT2D eigenvalue weighted by molar-refractivity contribution is -0.274. The molecule has 1 aliphatic heterocycles. The van der Waals surface area contributed by atoms with Gasteiger partial charge in [0, 0.05) is 24.3 Å². The van der Waals surface area contributed by atoms with Gasteiger partial charge in [-0.2, -0.15) is 0 Å². The van der Waals surface area contributed by atoms with Gasteiger partial charge in [0.25, 0.3) is 5.91 Å². The number of benzene rings is 1. The van der Waals surface area contributed by atoms with Gasteiger partial charge in [-0.15, -0.1) is 13.2 Å². The maximum absolute atomic E-state index is 12.6. The number of nitrogens with zero attached hydrogens (tertiary/aromatic N) is 1. The Kier molecular flexibility index (Phi) is 7.24. The highest BCUT2D eigenvalue weighted by Crippen LogP contribution is 2.34. The maximum atomic E-state index is 12.6. The van der Waals surface area contributed by atoms with E-state index < -0.39 is 12.5 Å². The zero-order chi connectivity index (χ0) is 24.3. The van der Waals surface area contributed by atoms with Gasteiger partial charge in [-0.25, -0.2) is 4.79 Å². The highest BCUT2D eigenvalue weighted by atomic mass is 19.4. The molecule has 1 aromatic carbocycles. The number of carbonyl (C=O) groups is 2. The van der Waals surface area contributed by atoms with Crippen LogP contribution >= 0.6 is 0 Å². The summed E-state index contributed by atoms with van der Waals surface area (Å²) in [5, 5.41) is 5.57. The number of aromatic nitrogens is 1. The van der Waals surface area contributed by atoms with Crippen LogP contribution in [-0.4, -0.2) is 42.1 Å². The minimum absolute atomic E-state index is 0.135. The third-order valence-corrected chi connectivity index (χ3v) is 5.75. The number of hydrogen-bond acceptors (Lipinski definition) is 4. The molecule has 0 saturated heterocycles. The van der Waals surface area contributed by atoms with E-state index in [1.807, 2.05) is 32.3 Å². The number of ether oxygens (including phenoxy) is 2. The van der Waals surface area contributed by atoms with Crippen LogP contribution in [0.2, 0.25) is 0 Å². The number of alkyl halides is 3. The number of alkyl carbamates (subject to hydrolysis) is 1. The number of amides is 2. The van der Waals surface area contributed by atoms with Crippen molar-refractivity contribution in [1.82, 2.24) is 15.2 Å². The molecule has 1 aromatic heterocycles. The van der Waals surface area contributed by atoms with Crippen LogP contribution in [0.15, 0.2) is 30.3 Å². The van der Waals surface area contributed by atoms with Crippen molar-refractivity contribution < 1.29 is 32.2 Å². The summed E-state index contributed by atoms with van der Waals surface area (Å²) in [6, 6.07) is 7.18. The molecule has 0 saturated carbocycles. The summed E-state index contributed by atoms with van der Waals surface area (Å²) in [6.45, 7) is 8.27. The van der Waals surface area contributed by atoms with E-state index in [0.29, 0.717) is 36.3 Å². The molecule has 2 N–H and O–H groups in total. The summed E-state index contributed by atoms with van der Waals surface area (Å²) in [7, 11) is 0. The summed E-state index contributed by atoms with van der Waals surface area (Å²) < 4.78 is 49.0. The first-order chi connectivity index (χ1) is 15.5. The van der Waals surface area contributed by atoms with Gasteiger partial charge >= 0.3 is 12.5 Å². The summed E-state index contributed by atoms with van der Waals surface area (Å²) in [5.74, 6) is -0.392. The molecule has 180 valence electrons. The Morgan fingerprint density at radius 1 is 1.27 bits per heavy atom. The zero-order valence-electron chi connectivity index (χ0n) is 19.0. The Morgan fingerprint density at radius 2 is 2.00 bits per heavy atom. The van der Waals surface area contributed by atoms with E-state index in [2.05, 4.69) is 15.4 Å². The van der Waals surface area contributed by atoms with Crippen LogP contribution in [0.25, 0.3) is 11.1 Å². The number of nitrogens with one attached hydrogen (secondary N) is 2. The number of carbonyl (C=O) groups excluding carboxylic acids is 2. The fourth-order valence-corrected chi connectivity index (χ4v) is 3.73. The second-order valence-electron chi connectivity index (χ2n) is 8.41. The van der Waals surface area contributed by atoms with Gasteiger partial charge in [0.15, 0.2) is 0 Å². The zero-order valence-corrected chi connectivity index (χ0v) is 19.0. The largest absolute Gasteiger partial charge is 0.573 e. The number of rotatable bonds is 7. The van der Waals surface area contributed by atoms with E-state index in [-0.39, 0.29) is 29.7 Å². The molecular weight excluding hydrogens is 439 g/mol. The molecule has 7 nitrogen and oxygen atoms in total. The van der Waals surface area contributed by atoms with Crippen molar-refractivity contribution in [2.75, 3.05) is 13.1 Å². The van der Waals surface area contributed by atoms with Gasteiger partial charge in [-0.05, 0) is 49.9 Å². The quantitative estimate of drug-likeness (QED) is 0.613. The van der Waals surface area contributed by atoms with Gasteiger partial charge < -0.3 is 24.7 Å². The van der Waals surface area contributed by atoms with E-state index in [4.69, 9.17) is 4.74 Å². The summed E-state index contributed by atoms with van der Waals surface area (Å²) in [4.78, 5) is 24.4. The van der Waals surface area contributed by atoms with Crippen LogP contribution in [0.4, 0.5) is 18.0 Å². The minimum atomic E-state index is -4.79. The Balaban J connectivity index is 1.77. The smallest absolute Gasteiger partial charge is 0.446 e. The molecule has 2 amide bonds. The molecule has 3 rings (SSSR count). The first-order valence-electron chi connectivity index (χ1n) is 10.8. The molecule has 2 heterocycles. The van der Waals surface area contributed by atoms with Gasteiger partial charge in [0.05, 0.1) is 6.04 Å². The Bertz CT molecular complexity index is 1020. The van der Waals surface area contributed by atoms with E-state index in [1.54, 1.807) is 12.1 Å². The molecule has 0 spiro atoms. The molecular formula is C23H28F3N3O4. The highest BCUT2D eigenvalue weighted by Gasteiger charge is 2.32. The van der Waals surface area contributed by atoms with Gasteiger partial charge in [0.1, 0.15) is 17.5 Å². The van der Waals surface area contributed by atoms with Crippen molar-refractivity contribution in [2.45, 2.75) is 52.6 Å². The maximum Gasteiger partial charge on any atom is 0.573 e. The fraction of sp³-hybridized carbons (Fsp3) is 0.478. The van der Waals surface area contributed by atoms with Crippen LogP contribution < -0.4 is 15.4 Å². The number of fused-ring (bicyclic) bond motifs is 1. The Labute approximate surface area is 190 Å². The summed E-state index contributed by atoms with van der Waals surface area (Å²) in [6.07, 6.45) is -4.97. The standard InChI is InChI=1S/C23H28F3N3O4/c1-13(2)15(4)32-22(31)27-9-8-17-12-28-21(30)20-11-19(14(3)29(17)20)16-6-5-7-18(10-16)33-23(24,25)26/h5-7,10-11,13,15,17H,8-9,12H2,1-4H3,(H,27,31)(H,28,30). The van der Waals surface area contributed by atoms with Crippen molar-refractivity contribution in [3.63, 3.8) is 0 Å². The van der Waals surface area contributed by atoms with E-state index in [0.717, 1.165) is 5.69 Å². The molecule has 2 aromatic rings. The molecule has 2 unspecified atom stereocenters. The van der Waals surface area contributed by atoms with Crippen LogP contribution in [0.1, 0.15) is 49.4 Å². The molecule has 0 fully saturated rings. The van der Waals surface area contributed by atoms with Crippen molar-refractivity contribution in [2.24, 2.45) is 5.92 Å². The molecule has 0 bridgehead atoms. The predicted molar refractivity (Wildman–Crippen MR) is 116 cm³/mol. The molecule has 33 heavy (non-hydrogen) atoms. The molecule has 0 radical (unpaired) electrons. The van der Waals surface area contributed by atoms with Gasteiger partial charge in [-0.3, -0.25) is 4.79 Å². The third kappa shape index (κ3) is 6.00. The third-order valence-electron chi connectivity index (χ3n) is 5.75. The topological polar surface area (TPSA) is 81.6 Å². The lowest BCUT2D eigenvalue weighted by Crippen LogP contribution is -2.40. The first kappa shape index (κ1) is 24.5. The molecule has 2 atom stereocenters. The predicted octanol–water partition coefficient (Wildman–Crippen LogP) is 4.81.